The molecule has 0 aliphatic rings. The number of benzene rings is 2. The van der Waals surface area contributed by atoms with Gasteiger partial charge in [0.05, 0.1) is 23.3 Å². The van der Waals surface area contributed by atoms with E-state index < -0.39 is 41.6 Å². The molecule has 0 bridgehead atoms. The van der Waals surface area contributed by atoms with E-state index in [1.54, 1.807) is 0 Å². The molecule has 2 N–H and O–H groups in total. The number of carboxylic acids is 1. The maximum absolute atomic E-state index is 12.2. The van der Waals surface area contributed by atoms with Gasteiger partial charge in [0.15, 0.2) is 0 Å². The first-order valence-corrected chi connectivity index (χ1v) is 8.41. The molecule has 11 heteroatoms. The van der Waals surface area contributed by atoms with Crippen molar-refractivity contribution in [1.82, 2.24) is 0 Å². The molecule has 27 heavy (non-hydrogen) atoms. The highest BCUT2D eigenvalue weighted by Gasteiger charge is 2.32. The van der Waals surface area contributed by atoms with Gasteiger partial charge in [0.1, 0.15) is 0 Å². The van der Waals surface area contributed by atoms with E-state index in [2.05, 4.69) is 31.9 Å². The number of rotatable bonds is 2. The Kier molecular flexibility index (Phi) is 7.87. The van der Waals surface area contributed by atoms with Crippen molar-refractivity contribution < 1.29 is 41.4 Å². The lowest BCUT2D eigenvalue weighted by atomic mass is 10.1. The minimum absolute atomic E-state index is 0.0877. The van der Waals surface area contributed by atoms with Gasteiger partial charge in [-0.25, -0.2) is 4.79 Å². The number of hydrogen-bond donors (Lipinski definition) is 2. The van der Waals surface area contributed by atoms with Crippen LogP contribution in [-0.2, 0) is 19.0 Å². The molecular formula is C16H10Br2F6O3. The topological polar surface area (TPSA) is 57.5 Å². The highest BCUT2D eigenvalue weighted by molar-refractivity contribution is 9.10. The second-order valence-corrected chi connectivity index (χ2v) is 6.87. The standard InChI is InChI=1S/C8H4BrF3O2.C8H6BrF3O/c9-6-2-4(7(13)14)1-5(3-6)8(10,11)12;9-7-2-5(4-13)1-6(3-7)8(10,11)12/h1-3H,(H,13,14);1-3,13H,4H2. The van der Waals surface area contributed by atoms with Crippen molar-refractivity contribution in [2.45, 2.75) is 19.0 Å². The zero-order chi connectivity index (χ0) is 21.0. The lowest BCUT2D eigenvalue weighted by Gasteiger charge is -2.08. The Labute approximate surface area is 165 Å². The van der Waals surface area contributed by atoms with E-state index in [4.69, 9.17) is 10.2 Å². The molecule has 3 nitrogen and oxygen atoms in total. The maximum atomic E-state index is 12.2. The van der Waals surface area contributed by atoms with Crippen LogP contribution >= 0.6 is 31.9 Å². The van der Waals surface area contributed by atoms with E-state index in [9.17, 15) is 31.1 Å². The summed E-state index contributed by atoms with van der Waals surface area (Å²) in [7, 11) is 0. The lowest BCUT2D eigenvalue weighted by molar-refractivity contribution is -0.138. The van der Waals surface area contributed by atoms with Crippen molar-refractivity contribution in [1.29, 1.82) is 0 Å². The first-order valence-electron chi connectivity index (χ1n) is 6.82. The molecule has 0 amide bonds. The third-order valence-corrected chi connectivity index (χ3v) is 3.86. The van der Waals surface area contributed by atoms with Crippen LogP contribution in [0.3, 0.4) is 0 Å². The molecule has 148 valence electrons. The number of aromatic carboxylic acids is 1. The predicted molar refractivity (Wildman–Crippen MR) is 91.2 cm³/mol. The van der Waals surface area contributed by atoms with E-state index >= 15 is 0 Å². The number of hydrogen-bond acceptors (Lipinski definition) is 2. The smallest absolute Gasteiger partial charge is 0.416 e. The minimum Gasteiger partial charge on any atom is -0.478 e. The zero-order valence-electron chi connectivity index (χ0n) is 13.0. The summed E-state index contributed by atoms with van der Waals surface area (Å²) in [6.45, 7) is -0.400. The van der Waals surface area contributed by atoms with Gasteiger partial charge in [-0.15, -0.1) is 0 Å². The fourth-order valence-electron chi connectivity index (χ4n) is 1.78. The number of carboxylic acid groups (broad SMARTS) is 1. The highest BCUT2D eigenvalue weighted by atomic mass is 79.9. The SMILES string of the molecule is O=C(O)c1cc(Br)cc(C(F)(F)F)c1.OCc1cc(Br)cc(C(F)(F)F)c1. The molecule has 2 aromatic carbocycles. The molecule has 0 saturated heterocycles. The Balaban J connectivity index is 0.000000271. The summed E-state index contributed by atoms with van der Waals surface area (Å²) in [6, 6.07) is 5.86. The van der Waals surface area contributed by atoms with E-state index in [1.807, 2.05) is 0 Å². The Bertz CT molecular complexity index is 819. The zero-order valence-corrected chi connectivity index (χ0v) is 16.2. The largest absolute Gasteiger partial charge is 0.478 e. The van der Waals surface area contributed by atoms with Gasteiger partial charge in [0.2, 0.25) is 0 Å². The monoisotopic (exact) mass is 522 g/mol. The number of carbonyl (C=O) groups is 1. The summed E-state index contributed by atoms with van der Waals surface area (Å²) in [5, 5.41) is 17.2. The Morgan fingerprint density at radius 1 is 0.815 bits per heavy atom. The van der Waals surface area contributed by atoms with Crippen molar-refractivity contribution in [3.8, 4) is 0 Å². The first kappa shape index (κ1) is 23.4. The number of aliphatic hydroxyl groups is 1. The Morgan fingerprint density at radius 3 is 1.67 bits per heavy atom. The van der Waals surface area contributed by atoms with Crippen LogP contribution in [0.5, 0.6) is 0 Å². The normalized spacial score (nSPS) is 11.6. The molecule has 0 saturated carbocycles. The molecular weight excluding hydrogens is 514 g/mol. The molecule has 0 heterocycles. The number of halogens is 8. The van der Waals surface area contributed by atoms with Crippen LogP contribution < -0.4 is 0 Å². The van der Waals surface area contributed by atoms with Crippen molar-refractivity contribution in [2.75, 3.05) is 0 Å². The average molecular weight is 524 g/mol. The Hall–Kier alpha value is -1.59. The minimum atomic E-state index is -4.53. The summed E-state index contributed by atoms with van der Waals surface area (Å²) in [6.07, 6.45) is -8.90. The fourth-order valence-corrected chi connectivity index (χ4v) is 2.82. The van der Waals surface area contributed by atoms with E-state index in [0.717, 1.165) is 24.3 Å². The first-order chi connectivity index (χ1) is 12.2. The highest BCUT2D eigenvalue weighted by Crippen LogP contribution is 2.32. The van der Waals surface area contributed by atoms with Crippen LogP contribution in [0.4, 0.5) is 26.3 Å². The third kappa shape index (κ3) is 7.51. The molecule has 0 unspecified atom stereocenters. The molecule has 0 aliphatic carbocycles. The van der Waals surface area contributed by atoms with Crippen LogP contribution in [0, 0.1) is 0 Å². The molecule has 0 spiro atoms. The van der Waals surface area contributed by atoms with Crippen molar-refractivity contribution >= 4 is 37.8 Å². The molecule has 0 radical (unpaired) electrons. The second kappa shape index (κ2) is 9.07. The van der Waals surface area contributed by atoms with E-state index in [1.165, 1.54) is 6.07 Å². The second-order valence-electron chi connectivity index (χ2n) is 5.04. The van der Waals surface area contributed by atoms with Crippen LogP contribution in [0.2, 0.25) is 0 Å². The van der Waals surface area contributed by atoms with Gasteiger partial charge < -0.3 is 10.2 Å². The van der Waals surface area contributed by atoms with Crippen LogP contribution in [0.25, 0.3) is 0 Å². The van der Waals surface area contributed by atoms with Crippen LogP contribution in [0.1, 0.15) is 27.0 Å². The van der Waals surface area contributed by atoms with Crippen LogP contribution in [-0.4, -0.2) is 16.2 Å². The molecule has 0 atom stereocenters. The average Bonchev–Trinajstić information content (AvgIpc) is 2.52. The molecule has 0 fully saturated rings. The van der Waals surface area contributed by atoms with Gasteiger partial charge >= 0.3 is 18.3 Å². The van der Waals surface area contributed by atoms with E-state index in [0.29, 0.717) is 10.5 Å². The molecule has 0 aromatic heterocycles. The summed E-state index contributed by atoms with van der Waals surface area (Å²) in [4.78, 5) is 10.4. The summed E-state index contributed by atoms with van der Waals surface area (Å²) < 4.78 is 73.5. The fraction of sp³-hybridized carbons (Fsp3) is 0.188. The quantitative estimate of drug-likeness (QED) is 0.466. The summed E-state index contributed by atoms with van der Waals surface area (Å²) in [5.74, 6) is -1.39. The van der Waals surface area contributed by atoms with Crippen molar-refractivity contribution in [3.05, 3.63) is 67.6 Å². The van der Waals surface area contributed by atoms with Crippen molar-refractivity contribution in [2.24, 2.45) is 0 Å². The van der Waals surface area contributed by atoms with Crippen molar-refractivity contribution in [3.63, 3.8) is 0 Å². The van der Waals surface area contributed by atoms with Gasteiger partial charge in [-0.1, -0.05) is 31.9 Å². The van der Waals surface area contributed by atoms with Gasteiger partial charge in [0, 0.05) is 8.95 Å². The van der Waals surface area contributed by atoms with Gasteiger partial charge in [-0.05, 0) is 42.0 Å². The number of aliphatic hydroxyl groups excluding tert-OH is 1. The lowest BCUT2D eigenvalue weighted by Crippen LogP contribution is -2.07. The van der Waals surface area contributed by atoms with Crippen LogP contribution in [0.15, 0.2) is 45.3 Å². The van der Waals surface area contributed by atoms with Gasteiger partial charge in [0.25, 0.3) is 0 Å². The molecule has 2 rings (SSSR count). The molecule has 0 aliphatic heterocycles. The van der Waals surface area contributed by atoms with E-state index in [-0.39, 0.29) is 10.0 Å². The third-order valence-electron chi connectivity index (χ3n) is 2.94. The molecule has 2 aromatic rings. The van der Waals surface area contributed by atoms with Gasteiger partial charge in [-0.2, -0.15) is 26.3 Å². The van der Waals surface area contributed by atoms with Gasteiger partial charge in [-0.3, -0.25) is 0 Å². The predicted octanol–water partition coefficient (Wildman–Crippen LogP) is 6.13. The maximum Gasteiger partial charge on any atom is 0.416 e. The number of alkyl halides is 6. The summed E-state index contributed by atoms with van der Waals surface area (Å²) >= 11 is 5.75. The summed E-state index contributed by atoms with van der Waals surface area (Å²) in [5.41, 5.74) is -1.90. The Morgan fingerprint density at radius 2 is 1.26 bits per heavy atom.